The zero-order valence-corrected chi connectivity index (χ0v) is 18.9. The summed E-state index contributed by atoms with van der Waals surface area (Å²) in [6, 6.07) is 17.7. The molecule has 0 saturated heterocycles. The number of halogens is 1. The number of nitrogens with one attached hydrogen (secondary N) is 2. The van der Waals surface area contributed by atoms with Crippen LogP contribution in [-0.2, 0) is 6.42 Å². The number of nitrogens with zero attached hydrogens (tertiary/aromatic N) is 1. The Kier molecular flexibility index (Phi) is 5.63. The highest BCUT2D eigenvalue weighted by Crippen LogP contribution is 2.30. The smallest absolute Gasteiger partial charge is 0.261 e. The van der Waals surface area contributed by atoms with Crippen LogP contribution >= 0.6 is 11.6 Å². The standard InChI is InChI=1S/C26H21ClN4O3/c27-15-10-8-14(9-11-15)23-13-17(16-4-1-2-5-20(16)29-23)25(33)30-21-6-3-7-22-18(21)12-19(24(28)32)26(34)31-22/h1-2,4-5,8-13,21H,3,6-7H2,(H2,28,32)(H,30,33)(H,31,34). The largest absolute Gasteiger partial charge is 0.365 e. The molecule has 0 radical (unpaired) electrons. The molecule has 7 nitrogen and oxygen atoms in total. The lowest BCUT2D eigenvalue weighted by atomic mass is 9.90. The van der Waals surface area contributed by atoms with E-state index in [-0.39, 0.29) is 17.5 Å². The van der Waals surface area contributed by atoms with E-state index in [1.165, 1.54) is 6.07 Å². The second kappa shape index (κ2) is 8.76. The van der Waals surface area contributed by atoms with Crippen LogP contribution in [0.25, 0.3) is 22.2 Å². The first kappa shape index (κ1) is 21.9. The molecule has 0 fully saturated rings. The van der Waals surface area contributed by atoms with Gasteiger partial charge in [-0.15, -0.1) is 0 Å². The van der Waals surface area contributed by atoms with Crippen molar-refractivity contribution in [2.75, 3.05) is 0 Å². The van der Waals surface area contributed by atoms with Crippen LogP contribution in [0.3, 0.4) is 0 Å². The minimum absolute atomic E-state index is 0.112. The molecule has 4 aromatic rings. The summed E-state index contributed by atoms with van der Waals surface area (Å²) < 4.78 is 0. The van der Waals surface area contributed by atoms with Gasteiger partial charge in [0.2, 0.25) is 0 Å². The Bertz CT molecular complexity index is 1490. The quantitative estimate of drug-likeness (QED) is 0.413. The molecule has 2 aromatic heterocycles. The van der Waals surface area contributed by atoms with Gasteiger partial charge in [-0.25, -0.2) is 4.98 Å². The number of H-pyrrole nitrogens is 1. The second-order valence-electron chi connectivity index (χ2n) is 8.31. The van der Waals surface area contributed by atoms with Gasteiger partial charge in [-0.3, -0.25) is 14.4 Å². The van der Waals surface area contributed by atoms with Crippen molar-refractivity contribution in [2.24, 2.45) is 5.73 Å². The van der Waals surface area contributed by atoms with Crippen molar-refractivity contribution in [1.29, 1.82) is 0 Å². The molecule has 4 N–H and O–H groups in total. The maximum atomic E-state index is 13.5. The van der Waals surface area contributed by atoms with E-state index < -0.39 is 11.5 Å². The SMILES string of the molecule is NC(=O)c1cc2c([nH]c1=O)CCCC2NC(=O)c1cc(-c2ccc(Cl)cc2)nc2ccccc12. The van der Waals surface area contributed by atoms with E-state index in [1.54, 1.807) is 18.2 Å². The van der Waals surface area contributed by atoms with E-state index in [9.17, 15) is 14.4 Å². The second-order valence-corrected chi connectivity index (χ2v) is 8.74. The molecule has 1 unspecified atom stereocenters. The van der Waals surface area contributed by atoms with Gasteiger partial charge in [-0.1, -0.05) is 41.9 Å². The highest BCUT2D eigenvalue weighted by Gasteiger charge is 2.26. The molecule has 2 amide bonds. The minimum atomic E-state index is -0.799. The van der Waals surface area contributed by atoms with Crippen LogP contribution < -0.4 is 16.6 Å². The monoisotopic (exact) mass is 472 g/mol. The van der Waals surface area contributed by atoms with E-state index >= 15 is 0 Å². The van der Waals surface area contributed by atoms with Gasteiger partial charge in [-0.2, -0.15) is 0 Å². The van der Waals surface area contributed by atoms with Crippen LogP contribution in [0, 0.1) is 0 Å². The van der Waals surface area contributed by atoms with E-state index in [0.29, 0.717) is 45.9 Å². The number of carbonyl (C=O) groups is 2. The van der Waals surface area contributed by atoms with Crippen molar-refractivity contribution in [3.8, 4) is 11.3 Å². The van der Waals surface area contributed by atoms with Crippen molar-refractivity contribution in [3.63, 3.8) is 0 Å². The van der Waals surface area contributed by atoms with Crippen molar-refractivity contribution < 1.29 is 9.59 Å². The summed E-state index contributed by atoms with van der Waals surface area (Å²) in [6.45, 7) is 0. The summed E-state index contributed by atoms with van der Waals surface area (Å²) in [5.74, 6) is -1.06. The van der Waals surface area contributed by atoms with Crippen LogP contribution in [0.5, 0.6) is 0 Å². The molecule has 1 aliphatic rings. The summed E-state index contributed by atoms with van der Waals surface area (Å²) in [4.78, 5) is 44.9. The molecule has 170 valence electrons. The van der Waals surface area contributed by atoms with Crippen LogP contribution in [0.15, 0.2) is 65.5 Å². The van der Waals surface area contributed by atoms with Crippen LogP contribution in [0.1, 0.15) is 50.9 Å². The van der Waals surface area contributed by atoms with Gasteiger partial charge in [0.25, 0.3) is 17.4 Å². The molecule has 2 aromatic carbocycles. The Hall–Kier alpha value is -3.97. The molecular formula is C26H21ClN4O3. The average molecular weight is 473 g/mol. The number of carbonyl (C=O) groups excluding carboxylic acids is 2. The summed E-state index contributed by atoms with van der Waals surface area (Å²) in [5, 5.41) is 4.44. The molecule has 5 rings (SSSR count). The number of nitrogens with two attached hydrogens (primary N) is 1. The molecule has 0 bridgehead atoms. The van der Waals surface area contributed by atoms with Gasteiger partial charge in [0, 0.05) is 21.7 Å². The van der Waals surface area contributed by atoms with Crippen LogP contribution in [0.4, 0.5) is 0 Å². The molecule has 2 heterocycles. The van der Waals surface area contributed by atoms with E-state index in [2.05, 4.69) is 10.3 Å². The average Bonchev–Trinajstić information content (AvgIpc) is 2.83. The highest BCUT2D eigenvalue weighted by molar-refractivity contribution is 6.30. The number of para-hydroxylation sites is 1. The Morgan fingerprint density at radius 2 is 1.82 bits per heavy atom. The number of hydrogen-bond acceptors (Lipinski definition) is 4. The number of fused-ring (bicyclic) bond motifs is 2. The maximum Gasteiger partial charge on any atom is 0.261 e. The van der Waals surface area contributed by atoms with Gasteiger partial charge in [0.05, 0.1) is 22.8 Å². The third-order valence-corrected chi connectivity index (χ3v) is 6.38. The summed E-state index contributed by atoms with van der Waals surface area (Å²) in [5.41, 5.74) is 8.86. The number of aromatic nitrogens is 2. The number of primary amides is 1. The van der Waals surface area contributed by atoms with Gasteiger partial charge in [-0.05, 0) is 55.2 Å². The number of rotatable bonds is 4. The highest BCUT2D eigenvalue weighted by atomic mass is 35.5. The normalized spacial score (nSPS) is 15.0. The number of aryl methyl sites for hydroxylation is 1. The van der Waals surface area contributed by atoms with E-state index in [1.807, 2.05) is 36.4 Å². The third kappa shape index (κ3) is 4.06. The summed E-state index contributed by atoms with van der Waals surface area (Å²) in [7, 11) is 0. The minimum Gasteiger partial charge on any atom is -0.365 e. The maximum absolute atomic E-state index is 13.5. The Morgan fingerprint density at radius 1 is 1.06 bits per heavy atom. The Balaban J connectivity index is 1.55. The lowest BCUT2D eigenvalue weighted by Crippen LogP contribution is -2.34. The number of benzene rings is 2. The fourth-order valence-corrected chi connectivity index (χ4v) is 4.57. The van der Waals surface area contributed by atoms with Gasteiger partial charge < -0.3 is 16.0 Å². The van der Waals surface area contributed by atoms with Gasteiger partial charge in [0.15, 0.2) is 0 Å². The van der Waals surface area contributed by atoms with Gasteiger partial charge in [0.1, 0.15) is 5.56 Å². The molecule has 1 atom stereocenters. The molecule has 1 aliphatic carbocycles. The molecule has 34 heavy (non-hydrogen) atoms. The lowest BCUT2D eigenvalue weighted by Gasteiger charge is -2.26. The molecule has 0 saturated carbocycles. The number of aromatic amines is 1. The van der Waals surface area contributed by atoms with Crippen molar-refractivity contribution in [2.45, 2.75) is 25.3 Å². The molecular weight excluding hydrogens is 452 g/mol. The van der Waals surface area contributed by atoms with Crippen molar-refractivity contribution >= 4 is 34.3 Å². The fraction of sp³-hybridized carbons (Fsp3) is 0.154. The Morgan fingerprint density at radius 3 is 2.59 bits per heavy atom. The zero-order chi connectivity index (χ0) is 23.8. The molecule has 8 heteroatoms. The summed E-state index contributed by atoms with van der Waals surface area (Å²) in [6.07, 6.45) is 2.13. The van der Waals surface area contributed by atoms with Crippen LogP contribution in [-0.4, -0.2) is 21.8 Å². The third-order valence-electron chi connectivity index (χ3n) is 6.12. The fourth-order valence-electron chi connectivity index (χ4n) is 4.44. The topological polar surface area (TPSA) is 118 Å². The van der Waals surface area contributed by atoms with E-state index in [0.717, 1.165) is 17.4 Å². The predicted molar refractivity (Wildman–Crippen MR) is 131 cm³/mol. The zero-order valence-electron chi connectivity index (χ0n) is 18.1. The van der Waals surface area contributed by atoms with Crippen LogP contribution in [0.2, 0.25) is 5.02 Å². The number of pyridine rings is 2. The lowest BCUT2D eigenvalue weighted by molar-refractivity contribution is 0.0934. The molecule has 0 spiro atoms. The van der Waals surface area contributed by atoms with Crippen molar-refractivity contribution in [1.82, 2.24) is 15.3 Å². The number of hydrogen-bond donors (Lipinski definition) is 3. The first-order valence-electron chi connectivity index (χ1n) is 10.9. The van der Waals surface area contributed by atoms with Gasteiger partial charge >= 0.3 is 0 Å². The summed E-state index contributed by atoms with van der Waals surface area (Å²) >= 11 is 6.03. The predicted octanol–water partition coefficient (Wildman–Crippen LogP) is 4.15. The van der Waals surface area contributed by atoms with E-state index in [4.69, 9.17) is 22.3 Å². The van der Waals surface area contributed by atoms with Crippen molar-refractivity contribution in [3.05, 3.63) is 98.4 Å². The first-order chi connectivity index (χ1) is 16.4. The first-order valence-corrected chi connectivity index (χ1v) is 11.3. The Labute approximate surface area is 200 Å². The number of amides is 2. The molecule has 0 aliphatic heterocycles.